The van der Waals surface area contributed by atoms with Gasteiger partial charge in [0, 0.05) is 5.57 Å². The Bertz CT molecular complexity index is 478. The number of esters is 1. The quantitative estimate of drug-likeness (QED) is 0.634. The maximum atomic E-state index is 10.4. The molecule has 7 saturated carbocycles. The van der Waals surface area contributed by atoms with E-state index in [0.717, 1.165) is 0 Å². The summed E-state index contributed by atoms with van der Waals surface area (Å²) in [6.07, 6.45) is 9.67. The monoisotopic (exact) mass is 332 g/mol. The summed E-state index contributed by atoms with van der Waals surface area (Å²) in [6, 6.07) is 0. The number of hydrogen-bond donors (Lipinski definition) is 1. The average molecular weight is 332 g/mol. The summed E-state index contributed by atoms with van der Waals surface area (Å²) in [4.78, 5) is 20.4. The van der Waals surface area contributed by atoms with Gasteiger partial charge in [0.05, 0.1) is 13.5 Å². The second kappa shape index (κ2) is 5.89. The molecular weight excluding hydrogens is 304 g/mol. The van der Waals surface area contributed by atoms with Gasteiger partial charge in [0.15, 0.2) is 0 Å². The Morgan fingerprint density at radius 1 is 0.875 bits per heavy atom. The highest BCUT2D eigenvalue weighted by Gasteiger charge is 2.63. The molecule has 7 aliphatic rings. The Morgan fingerprint density at radius 2 is 1.21 bits per heavy atom. The maximum Gasteiger partial charge on any atom is 0.331 e. The maximum absolute atomic E-state index is 10.4. The molecule has 0 heterocycles. The first kappa shape index (κ1) is 16.2. The predicted molar refractivity (Wildman–Crippen MR) is 89.0 cm³/mol. The number of carbonyl (C=O) groups is 2. The fourth-order valence-corrected chi connectivity index (χ4v) is 7.21. The van der Waals surface area contributed by atoms with Crippen LogP contribution in [0.25, 0.3) is 0 Å². The second-order valence-electron chi connectivity index (χ2n) is 8.79. The van der Waals surface area contributed by atoms with Crippen LogP contribution in [0.1, 0.15) is 44.9 Å². The van der Waals surface area contributed by atoms with Crippen LogP contribution in [0.3, 0.4) is 0 Å². The van der Waals surface area contributed by atoms with E-state index in [1.807, 2.05) is 0 Å². The molecule has 7 aliphatic carbocycles. The van der Waals surface area contributed by atoms with Gasteiger partial charge in [-0.05, 0) is 85.9 Å². The van der Waals surface area contributed by atoms with Gasteiger partial charge in [-0.3, -0.25) is 4.79 Å². The van der Waals surface area contributed by atoms with Crippen LogP contribution in [0.2, 0.25) is 0 Å². The molecule has 0 radical (unpaired) electrons. The van der Waals surface area contributed by atoms with Crippen molar-refractivity contribution in [2.24, 2.45) is 47.3 Å². The van der Waals surface area contributed by atoms with Gasteiger partial charge in [0.2, 0.25) is 0 Å². The van der Waals surface area contributed by atoms with Crippen molar-refractivity contribution in [1.29, 1.82) is 0 Å². The molecule has 4 heteroatoms. The van der Waals surface area contributed by atoms with Crippen LogP contribution in [0, 0.1) is 47.3 Å². The lowest BCUT2D eigenvalue weighted by Crippen LogP contribution is -2.62. The average Bonchev–Trinajstić information content (AvgIpc) is 2.59. The number of aliphatic carboxylic acids is 1. The summed E-state index contributed by atoms with van der Waals surface area (Å²) in [5.74, 6) is 7.97. The van der Waals surface area contributed by atoms with E-state index >= 15 is 0 Å². The Morgan fingerprint density at radius 3 is 1.46 bits per heavy atom. The van der Waals surface area contributed by atoms with E-state index in [4.69, 9.17) is 5.11 Å². The van der Waals surface area contributed by atoms with E-state index in [0.29, 0.717) is 0 Å². The summed E-state index contributed by atoms with van der Waals surface area (Å²) in [5, 5.41) is 8.22. The van der Waals surface area contributed by atoms with Gasteiger partial charge < -0.3 is 9.84 Å². The Kier molecular flexibility index (Phi) is 3.97. The highest BCUT2D eigenvalue weighted by Crippen LogP contribution is 2.71. The van der Waals surface area contributed by atoms with E-state index in [1.54, 1.807) is 38.5 Å². The van der Waals surface area contributed by atoms with Gasteiger partial charge in [-0.2, -0.15) is 0 Å². The molecule has 8 bridgehead atoms. The number of carboxylic acids is 1. The first-order chi connectivity index (χ1) is 11.5. The van der Waals surface area contributed by atoms with Crippen LogP contribution in [0.4, 0.5) is 0 Å². The molecule has 0 amide bonds. The summed E-state index contributed by atoms with van der Waals surface area (Å²) < 4.78 is 4.21. The standard InChI is InChI=1S/C14H20.C6H8O4/c1-7-2-12-10-4-8-5-11(9(1)10)13(3-7)14(12)6-8;1-4(6(8)9)3-5(7)10-2/h7-14H,1-6H2;1,3H2,2H3,(H,8,9). The first-order valence-electron chi connectivity index (χ1n) is 9.45. The van der Waals surface area contributed by atoms with Crippen LogP contribution in [-0.4, -0.2) is 24.2 Å². The molecule has 0 aromatic carbocycles. The zero-order valence-electron chi connectivity index (χ0n) is 14.4. The molecule has 0 spiro atoms. The first-order valence-corrected chi connectivity index (χ1v) is 9.45. The van der Waals surface area contributed by atoms with Crippen molar-refractivity contribution in [2.75, 3.05) is 7.11 Å². The zero-order chi connectivity index (χ0) is 17.0. The number of methoxy groups -OCH3 is 1. The lowest BCUT2D eigenvalue weighted by Gasteiger charge is -2.69. The third kappa shape index (κ3) is 2.49. The van der Waals surface area contributed by atoms with Gasteiger partial charge in [-0.1, -0.05) is 6.58 Å². The summed E-state index contributed by atoms with van der Waals surface area (Å²) in [6.45, 7) is 3.14. The highest BCUT2D eigenvalue weighted by molar-refractivity contribution is 5.91. The van der Waals surface area contributed by atoms with Crippen molar-refractivity contribution < 1.29 is 19.4 Å². The van der Waals surface area contributed by atoms with Crippen molar-refractivity contribution in [3.63, 3.8) is 0 Å². The van der Waals surface area contributed by atoms with Gasteiger partial charge >= 0.3 is 11.9 Å². The molecule has 0 aliphatic heterocycles. The minimum absolute atomic E-state index is 0.160. The summed E-state index contributed by atoms with van der Waals surface area (Å²) in [5.41, 5.74) is -0.160. The Balaban J connectivity index is 0.000000132. The number of rotatable bonds is 3. The summed E-state index contributed by atoms with van der Waals surface area (Å²) >= 11 is 0. The van der Waals surface area contributed by atoms with Crippen molar-refractivity contribution >= 4 is 11.9 Å². The van der Waals surface area contributed by atoms with Crippen molar-refractivity contribution in [1.82, 2.24) is 0 Å². The minimum Gasteiger partial charge on any atom is -0.478 e. The number of carboxylic acid groups (broad SMARTS) is 1. The Hall–Kier alpha value is -1.32. The molecule has 132 valence electrons. The molecular formula is C20H28O4. The molecule has 0 unspecified atom stereocenters. The fourth-order valence-electron chi connectivity index (χ4n) is 7.21. The van der Waals surface area contributed by atoms with Crippen LogP contribution in [-0.2, 0) is 14.3 Å². The molecule has 0 aromatic rings. The molecule has 4 nitrogen and oxygen atoms in total. The van der Waals surface area contributed by atoms with E-state index in [9.17, 15) is 9.59 Å². The van der Waals surface area contributed by atoms with Gasteiger partial charge in [0.25, 0.3) is 0 Å². The largest absolute Gasteiger partial charge is 0.478 e. The van der Waals surface area contributed by atoms with Crippen molar-refractivity contribution in [3.8, 4) is 0 Å². The van der Waals surface area contributed by atoms with E-state index < -0.39 is 11.9 Å². The number of ether oxygens (including phenoxy) is 1. The lowest BCUT2D eigenvalue weighted by molar-refractivity contribution is -0.202. The van der Waals surface area contributed by atoms with Gasteiger partial charge in [0.1, 0.15) is 0 Å². The molecule has 24 heavy (non-hydrogen) atoms. The van der Waals surface area contributed by atoms with Crippen LogP contribution >= 0.6 is 0 Å². The minimum atomic E-state index is -1.18. The number of carbonyl (C=O) groups excluding carboxylic acids is 1. The normalized spacial score (nSPS) is 45.5. The van der Waals surface area contributed by atoms with Crippen LogP contribution in [0.15, 0.2) is 12.2 Å². The highest BCUT2D eigenvalue weighted by atomic mass is 16.5. The van der Waals surface area contributed by atoms with E-state index in [1.165, 1.54) is 54.5 Å². The van der Waals surface area contributed by atoms with E-state index in [2.05, 4.69) is 11.3 Å². The molecule has 0 aromatic heterocycles. The summed E-state index contributed by atoms with van der Waals surface area (Å²) in [7, 11) is 1.19. The molecule has 1 N–H and O–H groups in total. The van der Waals surface area contributed by atoms with Crippen LogP contribution in [0.5, 0.6) is 0 Å². The fraction of sp³-hybridized carbons (Fsp3) is 0.800. The van der Waals surface area contributed by atoms with Gasteiger partial charge in [-0.15, -0.1) is 0 Å². The topological polar surface area (TPSA) is 63.6 Å². The molecule has 0 atom stereocenters. The van der Waals surface area contributed by atoms with E-state index in [-0.39, 0.29) is 12.0 Å². The molecule has 0 saturated heterocycles. The van der Waals surface area contributed by atoms with Crippen LogP contribution < -0.4 is 0 Å². The third-order valence-corrected chi connectivity index (χ3v) is 7.82. The SMILES string of the molecule is C1C2CC3C4CC5CC(C14)C(C2)C3C5.C=C(CC(=O)OC)C(=O)O. The molecule has 7 fully saturated rings. The zero-order valence-corrected chi connectivity index (χ0v) is 14.4. The Labute approximate surface area is 143 Å². The third-order valence-electron chi connectivity index (χ3n) is 7.82. The van der Waals surface area contributed by atoms with Crippen molar-refractivity contribution in [2.45, 2.75) is 44.9 Å². The smallest absolute Gasteiger partial charge is 0.331 e. The number of hydrogen-bond acceptors (Lipinski definition) is 3. The van der Waals surface area contributed by atoms with Crippen molar-refractivity contribution in [3.05, 3.63) is 12.2 Å². The van der Waals surface area contributed by atoms with Gasteiger partial charge in [-0.25, -0.2) is 4.79 Å². The molecule has 7 rings (SSSR count). The lowest BCUT2D eigenvalue weighted by atomic mass is 9.36. The second-order valence-corrected chi connectivity index (χ2v) is 8.79. The predicted octanol–water partition coefficient (Wildman–Crippen LogP) is 3.51.